The second-order valence-electron chi connectivity index (χ2n) is 2.40. The van der Waals surface area contributed by atoms with Crippen molar-refractivity contribution in [2.75, 3.05) is 0 Å². The minimum atomic E-state index is 0.717. The first kappa shape index (κ1) is 7.60. The molecule has 0 saturated heterocycles. The summed E-state index contributed by atoms with van der Waals surface area (Å²) in [5.74, 6) is 0. The molecule has 12 heavy (non-hydrogen) atoms. The molecule has 1 nitrogen and oxygen atoms in total. The molecule has 0 atom stereocenters. The summed E-state index contributed by atoms with van der Waals surface area (Å²) >= 11 is 7.26. The molecule has 0 radical (unpaired) electrons. The average molecular weight is 194 g/mol. The summed E-state index contributed by atoms with van der Waals surface area (Å²) < 4.78 is 1.07. The molecule has 1 heterocycles. The van der Waals surface area contributed by atoms with Crippen LogP contribution in [0.15, 0.2) is 24.3 Å². The van der Waals surface area contributed by atoms with E-state index in [1.807, 2.05) is 24.3 Å². The predicted octanol–water partition coefficient (Wildman–Crippen LogP) is 3.43. The Balaban J connectivity index is 2.77. The van der Waals surface area contributed by atoms with Crippen LogP contribution in [0.3, 0.4) is 0 Å². The van der Waals surface area contributed by atoms with Gasteiger partial charge in [-0.3, -0.25) is 0 Å². The third-order valence-electron chi connectivity index (χ3n) is 1.59. The van der Waals surface area contributed by atoms with Gasteiger partial charge < -0.3 is 0 Å². The van der Waals surface area contributed by atoms with E-state index in [0.717, 1.165) is 15.0 Å². The molecule has 1 aromatic carbocycles. The zero-order valence-electron chi connectivity index (χ0n) is 6.04. The normalized spacial score (nSPS) is 10.0. The van der Waals surface area contributed by atoms with E-state index in [0.29, 0.717) is 5.02 Å². The number of hydrogen-bond donors (Lipinski definition) is 0. The minimum Gasteiger partial charge on any atom is -0.192 e. The lowest BCUT2D eigenvalue weighted by Gasteiger charge is -1.87. The van der Waals surface area contributed by atoms with Crippen LogP contribution in [0.5, 0.6) is 0 Å². The molecule has 3 heteroatoms. The van der Waals surface area contributed by atoms with Gasteiger partial charge in [-0.15, -0.1) is 11.3 Å². The zero-order chi connectivity index (χ0) is 8.55. The van der Waals surface area contributed by atoms with E-state index in [9.17, 15) is 0 Å². The second kappa shape index (κ2) is 2.78. The van der Waals surface area contributed by atoms with Gasteiger partial charge in [0.15, 0.2) is 0 Å². The summed E-state index contributed by atoms with van der Waals surface area (Å²) in [5, 5.41) is 10.4. The number of thiophene rings is 1. The third kappa shape index (κ3) is 1.18. The quantitative estimate of drug-likeness (QED) is 0.629. The van der Waals surface area contributed by atoms with Gasteiger partial charge in [-0.2, -0.15) is 5.26 Å². The molecule has 0 aliphatic heterocycles. The molecule has 0 saturated carbocycles. The van der Waals surface area contributed by atoms with Crippen molar-refractivity contribution in [3.05, 3.63) is 34.2 Å². The average Bonchev–Trinajstić information content (AvgIpc) is 2.46. The van der Waals surface area contributed by atoms with Gasteiger partial charge in [-0.25, -0.2) is 0 Å². The van der Waals surface area contributed by atoms with Gasteiger partial charge >= 0.3 is 0 Å². The maximum absolute atomic E-state index is 8.64. The molecule has 0 bridgehead atoms. The zero-order valence-corrected chi connectivity index (χ0v) is 7.62. The Labute approximate surface area is 78.8 Å². The van der Waals surface area contributed by atoms with Gasteiger partial charge in [0.1, 0.15) is 10.9 Å². The van der Waals surface area contributed by atoms with Crippen molar-refractivity contribution in [1.29, 1.82) is 5.26 Å². The van der Waals surface area contributed by atoms with Crippen molar-refractivity contribution >= 4 is 33.0 Å². The van der Waals surface area contributed by atoms with Crippen molar-refractivity contribution in [2.24, 2.45) is 0 Å². The summed E-state index contributed by atoms with van der Waals surface area (Å²) in [4.78, 5) is 0.729. The molecule has 0 spiro atoms. The number of nitrogens with zero attached hydrogens (tertiary/aromatic N) is 1. The van der Waals surface area contributed by atoms with E-state index >= 15 is 0 Å². The van der Waals surface area contributed by atoms with E-state index in [1.165, 1.54) is 11.3 Å². The monoisotopic (exact) mass is 193 g/mol. The molecular formula is C9H4ClNS. The van der Waals surface area contributed by atoms with E-state index in [4.69, 9.17) is 16.9 Å². The van der Waals surface area contributed by atoms with Crippen LogP contribution in [0, 0.1) is 11.3 Å². The standard InChI is InChI=1S/C9H4ClNS/c10-7-2-1-6-3-8(5-11)12-9(6)4-7/h1-4H. The van der Waals surface area contributed by atoms with Crippen molar-refractivity contribution in [3.8, 4) is 6.07 Å². The van der Waals surface area contributed by atoms with Gasteiger partial charge in [0.2, 0.25) is 0 Å². The highest BCUT2D eigenvalue weighted by Crippen LogP contribution is 2.27. The Bertz CT molecular complexity index is 467. The summed E-state index contributed by atoms with van der Waals surface area (Å²) in [6.45, 7) is 0. The Morgan fingerprint density at radius 3 is 2.92 bits per heavy atom. The fourth-order valence-electron chi connectivity index (χ4n) is 1.06. The summed E-state index contributed by atoms with van der Waals surface area (Å²) in [6.07, 6.45) is 0. The maximum atomic E-state index is 8.64. The number of rotatable bonds is 0. The fourth-order valence-corrected chi connectivity index (χ4v) is 2.20. The number of fused-ring (bicyclic) bond motifs is 1. The number of nitriles is 1. The Morgan fingerprint density at radius 2 is 2.17 bits per heavy atom. The third-order valence-corrected chi connectivity index (χ3v) is 2.83. The van der Waals surface area contributed by atoms with Crippen LogP contribution < -0.4 is 0 Å². The maximum Gasteiger partial charge on any atom is 0.110 e. The molecule has 0 N–H and O–H groups in total. The van der Waals surface area contributed by atoms with E-state index < -0.39 is 0 Å². The van der Waals surface area contributed by atoms with Crippen molar-refractivity contribution in [1.82, 2.24) is 0 Å². The molecule has 0 amide bonds. The second-order valence-corrected chi connectivity index (χ2v) is 3.92. The highest BCUT2D eigenvalue weighted by molar-refractivity contribution is 7.19. The smallest absolute Gasteiger partial charge is 0.110 e. The molecule has 2 aromatic rings. The van der Waals surface area contributed by atoms with E-state index in [-0.39, 0.29) is 0 Å². The fraction of sp³-hybridized carbons (Fsp3) is 0. The van der Waals surface area contributed by atoms with Gasteiger partial charge in [0.25, 0.3) is 0 Å². The van der Waals surface area contributed by atoms with Crippen molar-refractivity contribution < 1.29 is 0 Å². The number of hydrogen-bond acceptors (Lipinski definition) is 2. The highest BCUT2D eigenvalue weighted by atomic mass is 35.5. The molecule has 0 fully saturated rings. The summed E-state index contributed by atoms with van der Waals surface area (Å²) in [7, 11) is 0. The van der Waals surface area contributed by atoms with Crippen LogP contribution in [0.1, 0.15) is 4.88 Å². The topological polar surface area (TPSA) is 23.8 Å². The first-order valence-electron chi connectivity index (χ1n) is 3.39. The molecule has 0 aliphatic rings. The first-order valence-corrected chi connectivity index (χ1v) is 4.58. The van der Waals surface area contributed by atoms with Crippen LogP contribution >= 0.6 is 22.9 Å². The summed E-state index contributed by atoms with van der Waals surface area (Å²) in [5.41, 5.74) is 0. The highest BCUT2D eigenvalue weighted by Gasteiger charge is 2.00. The largest absolute Gasteiger partial charge is 0.192 e. The lowest BCUT2D eigenvalue weighted by molar-refractivity contribution is 1.52. The van der Waals surface area contributed by atoms with E-state index in [2.05, 4.69) is 6.07 Å². The molecule has 0 unspecified atom stereocenters. The Hall–Kier alpha value is -1.04. The van der Waals surface area contributed by atoms with E-state index in [1.54, 1.807) is 0 Å². The van der Waals surface area contributed by atoms with Crippen LogP contribution in [0.2, 0.25) is 5.02 Å². The SMILES string of the molecule is N#Cc1cc2ccc(Cl)cc2s1. The van der Waals surface area contributed by atoms with Crippen molar-refractivity contribution in [3.63, 3.8) is 0 Å². The molecule has 2 rings (SSSR count). The Kier molecular flexibility index (Phi) is 1.76. The number of halogens is 1. The molecule has 1 aromatic heterocycles. The minimum absolute atomic E-state index is 0.717. The summed E-state index contributed by atoms with van der Waals surface area (Å²) in [6, 6.07) is 9.62. The van der Waals surface area contributed by atoms with Gasteiger partial charge in [-0.05, 0) is 23.6 Å². The molecule has 58 valence electrons. The molecule has 0 aliphatic carbocycles. The van der Waals surface area contributed by atoms with Gasteiger partial charge in [0, 0.05) is 9.72 Å². The lowest BCUT2D eigenvalue weighted by Crippen LogP contribution is -1.61. The van der Waals surface area contributed by atoms with Crippen LogP contribution in [0.25, 0.3) is 10.1 Å². The van der Waals surface area contributed by atoms with Crippen LogP contribution in [-0.2, 0) is 0 Å². The van der Waals surface area contributed by atoms with Crippen LogP contribution in [-0.4, -0.2) is 0 Å². The number of benzene rings is 1. The van der Waals surface area contributed by atoms with Gasteiger partial charge in [-0.1, -0.05) is 17.7 Å². The molecular weight excluding hydrogens is 190 g/mol. The van der Waals surface area contributed by atoms with Gasteiger partial charge in [0.05, 0.1) is 0 Å². The lowest BCUT2D eigenvalue weighted by atomic mass is 10.2. The Morgan fingerprint density at radius 1 is 1.33 bits per heavy atom. The van der Waals surface area contributed by atoms with Crippen molar-refractivity contribution in [2.45, 2.75) is 0 Å². The first-order chi connectivity index (χ1) is 5.79. The predicted molar refractivity (Wildman–Crippen MR) is 51.6 cm³/mol. The van der Waals surface area contributed by atoms with Crippen LogP contribution in [0.4, 0.5) is 0 Å².